The Morgan fingerprint density at radius 2 is 1.88 bits per heavy atom. The number of rotatable bonds is 6. The zero-order valence-corrected chi connectivity index (χ0v) is 14.7. The van der Waals surface area contributed by atoms with E-state index >= 15 is 0 Å². The van der Waals surface area contributed by atoms with Crippen LogP contribution in [0.2, 0.25) is 0 Å². The van der Waals surface area contributed by atoms with Crippen molar-refractivity contribution in [2.24, 2.45) is 5.41 Å². The van der Waals surface area contributed by atoms with E-state index in [4.69, 9.17) is 4.52 Å². The molecule has 5 heteroatoms. The number of nitrogens with zero attached hydrogens (tertiary/aromatic N) is 3. The minimum atomic E-state index is 0.109. The highest BCUT2D eigenvalue weighted by molar-refractivity contribution is 5.54. The van der Waals surface area contributed by atoms with Gasteiger partial charge in [0.25, 0.3) is 0 Å². The summed E-state index contributed by atoms with van der Waals surface area (Å²) >= 11 is 0. The minimum absolute atomic E-state index is 0.109. The molecule has 0 amide bonds. The zero-order valence-electron chi connectivity index (χ0n) is 14.7. The standard InChI is InChI=1S/C19H27N3O2/c1-3-15-5-7-16(8-6-15)18-20-17(24-21-18)13-22-11-9-19(4-2,14-23)10-12-22/h5-8,23H,3-4,9-14H2,1-2H3. The second kappa shape index (κ2) is 7.45. The van der Waals surface area contributed by atoms with Crippen molar-refractivity contribution in [1.29, 1.82) is 0 Å². The van der Waals surface area contributed by atoms with E-state index in [1.54, 1.807) is 0 Å². The van der Waals surface area contributed by atoms with Crippen LogP contribution in [0.25, 0.3) is 11.4 Å². The molecule has 0 atom stereocenters. The number of benzene rings is 1. The number of aliphatic hydroxyl groups excluding tert-OH is 1. The van der Waals surface area contributed by atoms with E-state index in [-0.39, 0.29) is 12.0 Å². The molecule has 1 saturated heterocycles. The lowest BCUT2D eigenvalue weighted by Gasteiger charge is -2.39. The van der Waals surface area contributed by atoms with Crippen LogP contribution in [0.4, 0.5) is 0 Å². The number of aryl methyl sites for hydroxylation is 1. The van der Waals surface area contributed by atoms with Crippen LogP contribution in [0.5, 0.6) is 0 Å². The molecule has 0 radical (unpaired) electrons. The first-order valence-electron chi connectivity index (χ1n) is 8.93. The highest BCUT2D eigenvalue weighted by Crippen LogP contribution is 2.34. The van der Waals surface area contributed by atoms with E-state index in [1.807, 2.05) is 12.1 Å². The van der Waals surface area contributed by atoms with Crippen molar-refractivity contribution in [1.82, 2.24) is 15.0 Å². The average Bonchev–Trinajstić information content (AvgIpc) is 3.11. The molecule has 0 unspecified atom stereocenters. The van der Waals surface area contributed by atoms with Gasteiger partial charge < -0.3 is 9.63 Å². The van der Waals surface area contributed by atoms with Crippen molar-refractivity contribution >= 4 is 0 Å². The van der Waals surface area contributed by atoms with Crippen molar-refractivity contribution in [3.63, 3.8) is 0 Å². The predicted molar refractivity (Wildman–Crippen MR) is 93.4 cm³/mol. The smallest absolute Gasteiger partial charge is 0.241 e. The topological polar surface area (TPSA) is 62.4 Å². The molecule has 130 valence electrons. The fraction of sp³-hybridized carbons (Fsp3) is 0.579. The summed E-state index contributed by atoms with van der Waals surface area (Å²) in [4.78, 5) is 6.87. The van der Waals surface area contributed by atoms with E-state index in [9.17, 15) is 5.11 Å². The summed E-state index contributed by atoms with van der Waals surface area (Å²) in [6.07, 6.45) is 4.12. The molecule has 1 N–H and O–H groups in total. The Kier molecular flexibility index (Phi) is 5.31. The Morgan fingerprint density at radius 3 is 2.46 bits per heavy atom. The minimum Gasteiger partial charge on any atom is -0.396 e. The van der Waals surface area contributed by atoms with Crippen LogP contribution in [0.15, 0.2) is 28.8 Å². The van der Waals surface area contributed by atoms with E-state index in [0.717, 1.165) is 44.3 Å². The van der Waals surface area contributed by atoms with Crippen LogP contribution in [-0.2, 0) is 13.0 Å². The van der Waals surface area contributed by atoms with Gasteiger partial charge in [-0.2, -0.15) is 4.98 Å². The van der Waals surface area contributed by atoms with Crippen LogP contribution in [0.1, 0.15) is 44.6 Å². The van der Waals surface area contributed by atoms with Gasteiger partial charge in [0.15, 0.2) is 0 Å². The molecule has 2 aromatic rings. The van der Waals surface area contributed by atoms with Crippen LogP contribution in [0, 0.1) is 5.41 Å². The Bertz CT molecular complexity index is 637. The number of aliphatic hydroxyl groups is 1. The van der Waals surface area contributed by atoms with Gasteiger partial charge in [0, 0.05) is 12.2 Å². The number of piperidine rings is 1. The first kappa shape index (κ1) is 17.1. The Labute approximate surface area is 143 Å². The molecule has 1 fully saturated rings. The third-order valence-corrected chi connectivity index (χ3v) is 5.45. The third kappa shape index (κ3) is 3.68. The average molecular weight is 329 g/mol. The van der Waals surface area contributed by atoms with Gasteiger partial charge in [0.05, 0.1) is 6.54 Å². The maximum absolute atomic E-state index is 9.62. The molecule has 1 aromatic carbocycles. The highest BCUT2D eigenvalue weighted by Gasteiger charge is 2.32. The number of likely N-dealkylation sites (tertiary alicyclic amines) is 1. The Balaban J connectivity index is 1.60. The van der Waals surface area contributed by atoms with Crippen molar-refractivity contribution in [2.75, 3.05) is 19.7 Å². The second-order valence-corrected chi connectivity index (χ2v) is 6.85. The van der Waals surface area contributed by atoms with Gasteiger partial charge in [0.1, 0.15) is 0 Å². The molecule has 1 aliphatic heterocycles. The van der Waals surface area contributed by atoms with Gasteiger partial charge in [-0.15, -0.1) is 0 Å². The molecule has 1 aliphatic rings. The summed E-state index contributed by atoms with van der Waals surface area (Å²) < 4.78 is 5.43. The maximum Gasteiger partial charge on any atom is 0.241 e. The molecular formula is C19H27N3O2. The lowest BCUT2D eigenvalue weighted by molar-refractivity contribution is 0.0348. The number of aromatic nitrogens is 2. The van der Waals surface area contributed by atoms with Crippen molar-refractivity contribution in [2.45, 2.75) is 46.1 Å². The van der Waals surface area contributed by atoms with E-state index in [1.165, 1.54) is 5.56 Å². The van der Waals surface area contributed by atoms with Gasteiger partial charge in [0.2, 0.25) is 11.7 Å². The summed E-state index contributed by atoms with van der Waals surface area (Å²) in [5, 5.41) is 13.7. The van der Waals surface area contributed by atoms with Gasteiger partial charge in [-0.3, -0.25) is 4.90 Å². The van der Waals surface area contributed by atoms with Crippen LogP contribution in [-0.4, -0.2) is 39.8 Å². The molecule has 0 spiro atoms. The quantitative estimate of drug-likeness (QED) is 0.881. The van der Waals surface area contributed by atoms with Gasteiger partial charge in [-0.05, 0) is 49.8 Å². The summed E-state index contributed by atoms with van der Waals surface area (Å²) in [5.41, 5.74) is 2.41. The van der Waals surface area contributed by atoms with Gasteiger partial charge in [-0.25, -0.2) is 0 Å². The largest absolute Gasteiger partial charge is 0.396 e. The first-order chi connectivity index (χ1) is 11.7. The second-order valence-electron chi connectivity index (χ2n) is 6.85. The Hall–Kier alpha value is -1.72. The molecular weight excluding hydrogens is 302 g/mol. The van der Waals surface area contributed by atoms with Gasteiger partial charge in [-0.1, -0.05) is 43.3 Å². The fourth-order valence-corrected chi connectivity index (χ4v) is 3.33. The van der Waals surface area contributed by atoms with Crippen molar-refractivity contribution in [3.8, 4) is 11.4 Å². The predicted octanol–water partition coefficient (Wildman–Crippen LogP) is 3.28. The van der Waals surface area contributed by atoms with Crippen molar-refractivity contribution in [3.05, 3.63) is 35.7 Å². The highest BCUT2D eigenvalue weighted by atomic mass is 16.5. The van der Waals surface area contributed by atoms with Crippen molar-refractivity contribution < 1.29 is 9.63 Å². The monoisotopic (exact) mass is 329 g/mol. The summed E-state index contributed by atoms with van der Waals surface area (Å²) in [6, 6.07) is 8.31. The van der Waals surface area contributed by atoms with Crippen LogP contribution < -0.4 is 0 Å². The zero-order chi connectivity index (χ0) is 17.0. The number of hydrogen-bond acceptors (Lipinski definition) is 5. The molecule has 1 aromatic heterocycles. The molecule has 5 nitrogen and oxygen atoms in total. The Morgan fingerprint density at radius 1 is 1.17 bits per heavy atom. The third-order valence-electron chi connectivity index (χ3n) is 5.45. The van der Waals surface area contributed by atoms with Crippen LogP contribution >= 0.6 is 0 Å². The lowest BCUT2D eigenvalue weighted by atomic mass is 9.77. The molecule has 0 aliphatic carbocycles. The lowest BCUT2D eigenvalue weighted by Crippen LogP contribution is -2.41. The molecule has 0 saturated carbocycles. The van der Waals surface area contributed by atoms with E-state index in [2.05, 4.69) is 41.0 Å². The summed E-state index contributed by atoms with van der Waals surface area (Å²) in [7, 11) is 0. The normalized spacial score (nSPS) is 18.0. The molecule has 2 heterocycles. The molecule has 24 heavy (non-hydrogen) atoms. The fourth-order valence-electron chi connectivity index (χ4n) is 3.33. The van der Waals surface area contributed by atoms with Crippen LogP contribution in [0.3, 0.4) is 0 Å². The molecule has 3 rings (SSSR count). The van der Waals surface area contributed by atoms with E-state index in [0.29, 0.717) is 18.3 Å². The number of hydrogen-bond donors (Lipinski definition) is 1. The summed E-state index contributed by atoms with van der Waals surface area (Å²) in [6.45, 7) is 7.22. The first-order valence-corrected chi connectivity index (χ1v) is 8.93. The summed E-state index contributed by atoms with van der Waals surface area (Å²) in [5.74, 6) is 1.32. The van der Waals surface area contributed by atoms with Gasteiger partial charge >= 0.3 is 0 Å². The molecule has 0 bridgehead atoms. The maximum atomic E-state index is 9.62. The van der Waals surface area contributed by atoms with E-state index < -0.39 is 0 Å². The SMILES string of the molecule is CCc1ccc(-c2noc(CN3CCC(CC)(CO)CC3)n2)cc1.